The van der Waals surface area contributed by atoms with E-state index in [-0.39, 0.29) is 5.97 Å². The second-order valence-corrected chi connectivity index (χ2v) is 3.08. The predicted molar refractivity (Wildman–Crippen MR) is 68.6 cm³/mol. The number of allylic oxidation sites excluding steroid dienone is 2. The number of esters is 1. The first-order chi connectivity index (χ1) is 8.27. The quantitative estimate of drug-likeness (QED) is 0.312. The number of hydrogen-bond acceptors (Lipinski definition) is 2. The van der Waals surface area contributed by atoms with Crippen LogP contribution in [-0.4, -0.2) is 12.6 Å². The molecular formula is C15H16O2. The van der Waals surface area contributed by atoms with Gasteiger partial charge in [-0.05, 0) is 43.4 Å². The van der Waals surface area contributed by atoms with Crippen molar-refractivity contribution in [1.82, 2.24) is 0 Å². The molecule has 0 aromatic rings. The normalized spacial score (nSPS) is 8.12. The molecule has 0 unspecified atom stereocenters. The molecule has 0 aromatic heterocycles. The Morgan fingerprint density at radius 1 is 1.18 bits per heavy atom. The molecule has 0 spiro atoms. The molecule has 88 valence electrons. The lowest BCUT2D eigenvalue weighted by molar-refractivity contribution is -0.141. The van der Waals surface area contributed by atoms with Crippen molar-refractivity contribution in [2.24, 2.45) is 0 Å². The van der Waals surface area contributed by atoms with Gasteiger partial charge >= 0.3 is 5.97 Å². The van der Waals surface area contributed by atoms with E-state index in [1.54, 1.807) is 6.92 Å². The van der Waals surface area contributed by atoms with Crippen molar-refractivity contribution in [3.63, 3.8) is 0 Å². The van der Waals surface area contributed by atoms with Crippen LogP contribution in [0.1, 0.15) is 33.1 Å². The fourth-order valence-electron chi connectivity index (χ4n) is 0.897. The van der Waals surface area contributed by atoms with Crippen LogP contribution in [0.25, 0.3) is 0 Å². The second kappa shape index (κ2) is 12.0. The van der Waals surface area contributed by atoms with Gasteiger partial charge in [-0.2, -0.15) is 0 Å². The minimum Gasteiger partial charge on any atom is -0.466 e. The average molecular weight is 228 g/mol. The van der Waals surface area contributed by atoms with Gasteiger partial charge in [-0.15, -0.1) is 0 Å². The molecule has 0 bridgehead atoms. The lowest BCUT2D eigenvalue weighted by Crippen LogP contribution is -1.99. The topological polar surface area (TPSA) is 26.3 Å². The number of hydrogen-bond donors (Lipinski definition) is 0. The summed E-state index contributed by atoms with van der Waals surface area (Å²) in [5, 5.41) is 0. The zero-order valence-corrected chi connectivity index (χ0v) is 10.3. The van der Waals surface area contributed by atoms with Gasteiger partial charge in [-0.3, -0.25) is 4.79 Å². The smallest absolute Gasteiger partial charge is 0.302 e. The molecule has 0 heterocycles. The molecular weight excluding hydrogens is 212 g/mol. The van der Waals surface area contributed by atoms with Crippen molar-refractivity contribution >= 4 is 5.97 Å². The fraction of sp³-hybridized carbons (Fsp3) is 0.400. The number of carbonyl (C=O) groups excluding carboxylic acids is 1. The Balaban J connectivity index is 3.51. The molecule has 2 nitrogen and oxygen atoms in total. The maximum atomic E-state index is 10.4. The SMILES string of the molecule is CC#CC#CC#CCC=CCCCOC(C)=O. The largest absolute Gasteiger partial charge is 0.466 e. The summed E-state index contributed by atoms with van der Waals surface area (Å²) in [6.45, 7) is 3.63. The lowest BCUT2D eigenvalue weighted by Gasteiger charge is -1.97. The van der Waals surface area contributed by atoms with Crippen LogP contribution < -0.4 is 0 Å². The molecule has 0 rings (SSSR count). The molecule has 0 aliphatic carbocycles. The lowest BCUT2D eigenvalue weighted by atomic mass is 10.3. The Kier molecular flexibility index (Phi) is 10.5. The minimum atomic E-state index is -0.228. The van der Waals surface area contributed by atoms with Gasteiger partial charge in [0.2, 0.25) is 0 Å². The summed E-state index contributed by atoms with van der Waals surface area (Å²) in [7, 11) is 0. The molecule has 0 fully saturated rings. The number of rotatable bonds is 5. The summed E-state index contributed by atoms with van der Waals surface area (Å²) in [4.78, 5) is 10.4. The Labute approximate surface area is 103 Å². The van der Waals surface area contributed by atoms with Crippen molar-refractivity contribution in [3.8, 4) is 35.5 Å². The Bertz CT molecular complexity index is 425. The van der Waals surface area contributed by atoms with Crippen LogP contribution in [0.4, 0.5) is 0 Å². The average Bonchev–Trinajstić information content (AvgIpc) is 2.30. The summed E-state index contributed by atoms with van der Waals surface area (Å²) in [5.74, 6) is 15.9. The van der Waals surface area contributed by atoms with E-state index in [2.05, 4.69) is 35.5 Å². The Morgan fingerprint density at radius 2 is 1.94 bits per heavy atom. The molecule has 0 aromatic carbocycles. The van der Waals surface area contributed by atoms with Gasteiger partial charge in [0.15, 0.2) is 0 Å². The summed E-state index contributed by atoms with van der Waals surface area (Å²) >= 11 is 0. The first-order valence-electron chi connectivity index (χ1n) is 5.45. The van der Waals surface area contributed by atoms with Gasteiger partial charge < -0.3 is 4.74 Å². The van der Waals surface area contributed by atoms with Crippen LogP contribution in [0.15, 0.2) is 12.2 Å². The first kappa shape index (κ1) is 14.9. The summed E-state index contributed by atoms with van der Waals surface area (Å²) in [6, 6.07) is 0. The van der Waals surface area contributed by atoms with Crippen LogP contribution >= 0.6 is 0 Å². The van der Waals surface area contributed by atoms with E-state index in [0.717, 1.165) is 12.8 Å². The van der Waals surface area contributed by atoms with Gasteiger partial charge in [0.1, 0.15) is 0 Å². The van der Waals surface area contributed by atoms with E-state index < -0.39 is 0 Å². The zero-order chi connectivity index (χ0) is 12.8. The Morgan fingerprint density at radius 3 is 2.65 bits per heavy atom. The zero-order valence-electron chi connectivity index (χ0n) is 10.3. The van der Waals surface area contributed by atoms with E-state index in [9.17, 15) is 4.79 Å². The minimum absolute atomic E-state index is 0.228. The molecule has 17 heavy (non-hydrogen) atoms. The van der Waals surface area contributed by atoms with E-state index in [4.69, 9.17) is 4.74 Å². The highest BCUT2D eigenvalue weighted by Gasteiger charge is 1.89. The van der Waals surface area contributed by atoms with Crippen LogP contribution in [-0.2, 0) is 9.53 Å². The number of unbranched alkanes of at least 4 members (excludes halogenated alkanes) is 1. The molecule has 0 saturated heterocycles. The van der Waals surface area contributed by atoms with Gasteiger partial charge in [-0.1, -0.05) is 24.0 Å². The van der Waals surface area contributed by atoms with Crippen molar-refractivity contribution in [2.45, 2.75) is 33.1 Å². The maximum Gasteiger partial charge on any atom is 0.302 e. The molecule has 0 atom stereocenters. The Hall–Kier alpha value is -2.11. The molecule has 0 N–H and O–H groups in total. The maximum absolute atomic E-state index is 10.4. The molecule has 2 heteroatoms. The third kappa shape index (κ3) is 13.9. The molecule has 0 saturated carbocycles. The van der Waals surface area contributed by atoms with Crippen molar-refractivity contribution in [1.29, 1.82) is 0 Å². The van der Waals surface area contributed by atoms with E-state index in [0.29, 0.717) is 13.0 Å². The van der Waals surface area contributed by atoms with Gasteiger partial charge in [-0.25, -0.2) is 0 Å². The molecule has 0 radical (unpaired) electrons. The van der Waals surface area contributed by atoms with Crippen LogP contribution in [0.3, 0.4) is 0 Å². The summed E-state index contributed by atoms with van der Waals surface area (Å²) in [5.41, 5.74) is 0. The standard InChI is InChI=1S/C15H16O2/c1-3-4-5-6-7-8-9-10-11-12-13-14-17-15(2)16/h10-11H,9,12-14H2,1-2H3. The van der Waals surface area contributed by atoms with E-state index in [1.807, 2.05) is 12.2 Å². The highest BCUT2D eigenvalue weighted by atomic mass is 16.5. The van der Waals surface area contributed by atoms with E-state index in [1.165, 1.54) is 6.92 Å². The highest BCUT2D eigenvalue weighted by molar-refractivity contribution is 5.65. The van der Waals surface area contributed by atoms with Crippen LogP contribution in [0, 0.1) is 35.5 Å². The summed E-state index contributed by atoms with van der Waals surface area (Å²) < 4.78 is 4.79. The van der Waals surface area contributed by atoms with Crippen molar-refractivity contribution < 1.29 is 9.53 Å². The van der Waals surface area contributed by atoms with Crippen molar-refractivity contribution in [2.75, 3.05) is 6.61 Å². The molecule has 0 aliphatic rings. The predicted octanol–water partition coefficient (Wildman–Crippen LogP) is 2.31. The monoisotopic (exact) mass is 228 g/mol. The van der Waals surface area contributed by atoms with Gasteiger partial charge in [0, 0.05) is 13.3 Å². The second-order valence-electron chi connectivity index (χ2n) is 3.08. The van der Waals surface area contributed by atoms with Gasteiger partial charge in [0.05, 0.1) is 6.61 Å². The molecule has 0 amide bonds. The number of ether oxygens (including phenoxy) is 1. The third-order valence-electron chi connectivity index (χ3n) is 1.61. The highest BCUT2D eigenvalue weighted by Crippen LogP contribution is 1.93. The van der Waals surface area contributed by atoms with Gasteiger partial charge in [0.25, 0.3) is 0 Å². The fourth-order valence-corrected chi connectivity index (χ4v) is 0.897. The van der Waals surface area contributed by atoms with Crippen LogP contribution in [0.2, 0.25) is 0 Å². The first-order valence-corrected chi connectivity index (χ1v) is 5.45. The summed E-state index contributed by atoms with van der Waals surface area (Å²) in [6.07, 6.45) is 6.42. The van der Waals surface area contributed by atoms with E-state index >= 15 is 0 Å². The van der Waals surface area contributed by atoms with Crippen molar-refractivity contribution in [3.05, 3.63) is 12.2 Å². The molecule has 0 aliphatic heterocycles. The number of carbonyl (C=O) groups is 1. The third-order valence-corrected chi connectivity index (χ3v) is 1.61. The van der Waals surface area contributed by atoms with Crippen LogP contribution in [0.5, 0.6) is 0 Å².